The smallest absolute Gasteiger partial charge is 0.213 e. The summed E-state index contributed by atoms with van der Waals surface area (Å²) >= 11 is 0. The maximum Gasteiger partial charge on any atom is 0.213 e. The Hall–Kier alpha value is -1.98. The lowest BCUT2D eigenvalue weighted by atomic mass is 9.85. The molecule has 1 saturated heterocycles. The first-order valence-electron chi connectivity index (χ1n) is 10.1. The fourth-order valence-electron chi connectivity index (χ4n) is 4.62. The number of hydrogen-bond donors (Lipinski definition) is 2. The van der Waals surface area contributed by atoms with E-state index in [0.717, 1.165) is 73.8 Å². The van der Waals surface area contributed by atoms with Crippen molar-refractivity contribution in [1.29, 1.82) is 5.41 Å². The topological polar surface area (TPSA) is 69.4 Å². The molecule has 0 radical (unpaired) electrons. The number of hydrogen-bond acceptors (Lipinski definition) is 5. The first kappa shape index (κ1) is 18.4. The highest BCUT2D eigenvalue weighted by atomic mass is 16.5. The van der Waals surface area contributed by atoms with Gasteiger partial charge in [-0.1, -0.05) is 6.07 Å². The summed E-state index contributed by atoms with van der Waals surface area (Å²) in [6, 6.07) is 10.6. The van der Waals surface area contributed by atoms with Gasteiger partial charge in [0.25, 0.3) is 0 Å². The number of likely N-dealkylation sites (tertiary alicyclic amines) is 1. The Morgan fingerprint density at radius 2 is 1.96 bits per heavy atom. The minimum atomic E-state index is -0.107. The van der Waals surface area contributed by atoms with E-state index in [1.54, 1.807) is 7.11 Å². The third-order valence-electron chi connectivity index (χ3n) is 6.23. The Balaban J connectivity index is 1.47. The lowest BCUT2D eigenvalue weighted by Gasteiger charge is -2.41. The lowest BCUT2D eigenvalue weighted by molar-refractivity contribution is 0.0592. The molecular formula is C22H29N3O2. The molecule has 0 amide bonds. The molecular weight excluding hydrogens is 338 g/mol. The van der Waals surface area contributed by atoms with Crippen LogP contribution in [-0.2, 0) is 0 Å². The molecule has 2 fully saturated rings. The lowest BCUT2D eigenvalue weighted by Crippen LogP contribution is -2.46. The van der Waals surface area contributed by atoms with E-state index >= 15 is 0 Å². The number of methoxy groups -OCH3 is 1. The molecule has 2 heterocycles. The predicted molar refractivity (Wildman–Crippen MR) is 108 cm³/mol. The van der Waals surface area contributed by atoms with Gasteiger partial charge in [0, 0.05) is 35.7 Å². The molecule has 0 bridgehead atoms. The van der Waals surface area contributed by atoms with Crippen molar-refractivity contribution in [3.63, 3.8) is 0 Å². The van der Waals surface area contributed by atoms with E-state index in [0.29, 0.717) is 11.9 Å². The zero-order valence-electron chi connectivity index (χ0n) is 16.0. The molecule has 1 atom stereocenters. The number of ether oxygens (including phenoxy) is 1. The normalized spacial score (nSPS) is 26.8. The number of nitrogens with one attached hydrogen (secondary N) is 1. The Labute approximate surface area is 160 Å². The molecule has 1 unspecified atom stereocenters. The Morgan fingerprint density at radius 1 is 1.15 bits per heavy atom. The summed E-state index contributed by atoms with van der Waals surface area (Å²) < 4.78 is 5.20. The van der Waals surface area contributed by atoms with Crippen LogP contribution in [0.1, 0.15) is 44.1 Å². The molecule has 2 aliphatic rings. The van der Waals surface area contributed by atoms with Gasteiger partial charge in [-0.25, -0.2) is 4.98 Å². The quantitative estimate of drug-likeness (QED) is 0.810. The SMILES string of the molecule is COc1ccc2cc(C(=N)C3CCCN(C4CCC(O)CC4)C3)ccc2n1. The van der Waals surface area contributed by atoms with E-state index in [4.69, 9.17) is 10.1 Å². The standard InChI is InChI=1S/C22H29N3O2/c1-27-21-11-5-15-13-16(4-10-20(15)24-21)22(23)17-3-2-12-25(14-17)18-6-8-19(26)9-7-18/h4-5,10-11,13,17-19,23,26H,2-3,6-9,12,14H2,1H3. The average molecular weight is 367 g/mol. The Bertz CT molecular complexity index is 814. The molecule has 5 nitrogen and oxygen atoms in total. The van der Waals surface area contributed by atoms with Crippen molar-refractivity contribution in [1.82, 2.24) is 9.88 Å². The van der Waals surface area contributed by atoms with Crippen LogP contribution in [0.15, 0.2) is 30.3 Å². The molecule has 2 aromatic rings. The van der Waals surface area contributed by atoms with E-state index < -0.39 is 0 Å². The monoisotopic (exact) mass is 367 g/mol. The Kier molecular flexibility index (Phi) is 5.41. The van der Waals surface area contributed by atoms with Crippen molar-refractivity contribution in [2.75, 3.05) is 20.2 Å². The second-order valence-corrected chi connectivity index (χ2v) is 7.97. The van der Waals surface area contributed by atoms with Gasteiger partial charge >= 0.3 is 0 Å². The second-order valence-electron chi connectivity index (χ2n) is 7.97. The van der Waals surface area contributed by atoms with Gasteiger partial charge in [-0.15, -0.1) is 0 Å². The van der Waals surface area contributed by atoms with E-state index in [-0.39, 0.29) is 12.0 Å². The number of benzene rings is 1. The van der Waals surface area contributed by atoms with Crippen LogP contribution in [0.5, 0.6) is 5.88 Å². The molecule has 0 spiro atoms. The number of fused-ring (bicyclic) bond motifs is 1. The minimum absolute atomic E-state index is 0.107. The zero-order valence-corrected chi connectivity index (χ0v) is 16.0. The number of piperidine rings is 1. The fourth-order valence-corrected chi connectivity index (χ4v) is 4.62. The van der Waals surface area contributed by atoms with Crippen molar-refractivity contribution in [3.05, 3.63) is 35.9 Å². The highest BCUT2D eigenvalue weighted by Crippen LogP contribution is 2.29. The van der Waals surface area contributed by atoms with Gasteiger partial charge in [-0.3, -0.25) is 4.90 Å². The maximum absolute atomic E-state index is 9.77. The summed E-state index contributed by atoms with van der Waals surface area (Å²) in [7, 11) is 1.63. The van der Waals surface area contributed by atoms with Crippen LogP contribution < -0.4 is 4.74 Å². The molecule has 27 heavy (non-hydrogen) atoms. The molecule has 1 aromatic carbocycles. The van der Waals surface area contributed by atoms with Crippen molar-refractivity contribution >= 4 is 16.6 Å². The first-order chi connectivity index (χ1) is 13.1. The largest absolute Gasteiger partial charge is 0.481 e. The van der Waals surface area contributed by atoms with E-state index in [9.17, 15) is 5.11 Å². The molecule has 4 rings (SSSR count). The van der Waals surface area contributed by atoms with Crippen molar-refractivity contribution in [2.24, 2.45) is 5.92 Å². The Morgan fingerprint density at radius 3 is 2.74 bits per heavy atom. The first-order valence-corrected chi connectivity index (χ1v) is 10.1. The summed E-state index contributed by atoms with van der Waals surface area (Å²) in [5.74, 6) is 0.903. The summed E-state index contributed by atoms with van der Waals surface area (Å²) in [6.45, 7) is 2.10. The van der Waals surface area contributed by atoms with Gasteiger partial charge in [-0.2, -0.15) is 0 Å². The van der Waals surface area contributed by atoms with Crippen LogP contribution in [0.4, 0.5) is 0 Å². The van der Waals surface area contributed by atoms with Crippen LogP contribution in [-0.4, -0.2) is 53.0 Å². The summed E-state index contributed by atoms with van der Waals surface area (Å²) in [5.41, 5.74) is 2.64. The van der Waals surface area contributed by atoms with Crippen LogP contribution in [0.2, 0.25) is 0 Å². The number of rotatable bonds is 4. The van der Waals surface area contributed by atoms with Crippen LogP contribution >= 0.6 is 0 Å². The number of nitrogens with zero attached hydrogens (tertiary/aromatic N) is 2. The van der Waals surface area contributed by atoms with Gasteiger partial charge in [0.05, 0.1) is 18.7 Å². The number of aromatic nitrogens is 1. The average Bonchev–Trinajstić information content (AvgIpc) is 2.73. The van der Waals surface area contributed by atoms with E-state index in [1.807, 2.05) is 24.3 Å². The molecule has 1 aliphatic heterocycles. The van der Waals surface area contributed by atoms with Gasteiger partial charge in [0.1, 0.15) is 0 Å². The van der Waals surface area contributed by atoms with Gasteiger partial charge in [-0.05, 0) is 68.8 Å². The van der Waals surface area contributed by atoms with E-state index in [2.05, 4.69) is 16.0 Å². The van der Waals surface area contributed by atoms with Crippen LogP contribution in [0, 0.1) is 11.3 Å². The molecule has 1 aliphatic carbocycles. The van der Waals surface area contributed by atoms with Crippen molar-refractivity contribution < 1.29 is 9.84 Å². The van der Waals surface area contributed by atoms with E-state index in [1.165, 1.54) is 0 Å². The zero-order chi connectivity index (χ0) is 18.8. The minimum Gasteiger partial charge on any atom is -0.481 e. The highest BCUT2D eigenvalue weighted by Gasteiger charge is 2.30. The molecule has 1 saturated carbocycles. The predicted octanol–water partition coefficient (Wildman–Crippen LogP) is 3.63. The molecule has 144 valence electrons. The third-order valence-corrected chi connectivity index (χ3v) is 6.23. The van der Waals surface area contributed by atoms with Crippen LogP contribution in [0.3, 0.4) is 0 Å². The van der Waals surface area contributed by atoms with Gasteiger partial charge < -0.3 is 15.3 Å². The van der Waals surface area contributed by atoms with Gasteiger partial charge in [0.15, 0.2) is 0 Å². The maximum atomic E-state index is 9.77. The number of pyridine rings is 1. The third kappa shape index (κ3) is 3.99. The molecule has 1 aromatic heterocycles. The summed E-state index contributed by atoms with van der Waals surface area (Å²) in [5, 5.41) is 19.6. The summed E-state index contributed by atoms with van der Waals surface area (Å²) in [4.78, 5) is 7.04. The van der Waals surface area contributed by atoms with Crippen molar-refractivity contribution in [2.45, 2.75) is 50.7 Å². The second kappa shape index (κ2) is 7.95. The molecule has 5 heteroatoms. The number of aliphatic hydroxyl groups excluding tert-OH is 1. The number of aliphatic hydroxyl groups is 1. The summed E-state index contributed by atoms with van der Waals surface area (Å²) in [6.07, 6.45) is 6.15. The highest BCUT2D eigenvalue weighted by molar-refractivity contribution is 6.02. The molecule has 2 N–H and O–H groups in total. The fraction of sp³-hybridized carbons (Fsp3) is 0.545. The van der Waals surface area contributed by atoms with Crippen LogP contribution in [0.25, 0.3) is 10.9 Å². The van der Waals surface area contributed by atoms with Crippen molar-refractivity contribution in [3.8, 4) is 5.88 Å². The van der Waals surface area contributed by atoms with Gasteiger partial charge in [0.2, 0.25) is 5.88 Å².